The van der Waals surface area contributed by atoms with E-state index in [1.165, 1.54) is 77.1 Å². The van der Waals surface area contributed by atoms with Gasteiger partial charge in [-0.3, -0.25) is 0 Å². The van der Waals surface area contributed by atoms with Crippen LogP contribution in [0.4, 0.5) is 65.9 Å². The number of hydrogen-bond donors (Lipinski definition) is 0. The summed E-state index contributed by atoms with van der Waals surface area (Å²) >= 11 is 0. The van der Waals surface area contributed by atoms with E-state index in [-0.39, 0.29) is 122 Å². The number of nitrogens with zero attached hydrogens (tertiary/aromatic N) is 3. The van der Waals surface area contributed by atoms with Crippen molar-refractivity contribution < 1.29 is 65.9 Å². The first-order chi connectivity index (χ1) is 41.7. The molecular weight excluding hydrogens is 1180 g/mol. The van der Waals surface area contributed by atoms with Gasteiger partial charge in [-0.25, -0.2) is 0 Å². The summed E-state index contributed by atoms with van der Waals surface area (Å²) in [6, 6.07) is 41.0. The lowest BCUT2D eigenvalue weighted by atomic mass is 9.94. The highest BCUT2D eigenvalue weighted by Crippen LogP contribution is 2.48. The van der Waals surface area contributed by atoms with Gasteiger partial charge in [-0.1, -0.05) is 78.9 Å². The second kappa shape index (κ2) is 21.0. The summed E-state index contributed by atoms with van der Waals surface area (Å²) in [7, 11) is 0. The molecule has 0 N–H and O–H groups in total. The van der Waals surface area contributed by atoms with Gasteiger partial charge in [0.05, 0.1) is 72.9 Å². The minimum atomic E-state index is -4.99. The van der Waals surface area contributed by atoms with E-state index in [9.17, 15) is 57.9 Å². The lowest BCUT2D eigenvalue weighted by Crippen LogP contribution is -2.08. The predicted molar refractivity (Wildman–Crippen MR) is 316 cm³/mol. The molecule has 0 aliphatic carbocycles. The van der Waals surface area contributed by atoms with Crippen molar-refractivity contribution in [3.8, 4) is 73.1 Å². The smallest absolute Gasteiger partial charge is 0.308 e. The first-order valence-electron chi connectivity index (χ1n) is 27.4. The van der Waals surface area contributed by atoms with E-state index in [1.807, 2.05) is 0 Å². The maximum Gasteiger partial charge on any atom is 0.416 e. The lowest BCUT2D eigenvalue weighted by Gasteiger charge is -2.22. The van der Waals surface area contributed by atoms with Gasteiger partial charge in [0, 0.05) is 27.1 Å². The molecule has 89 heavy (non-hydrogen) atoms. The van der Waals surface area contributed by atoms with Gasteiger partial charge >= 0.3 is 30.9 Å². The average molecular weight is 1220 g/mol. The summed E-state index contributed by atoms with van der Waals surface area (Å²) in [4.78, 5) is 0. The minimum absolute atomic E-state index is 0.0307. The largest absolute Gasteiger partial charge is 0.416 e. The van der Waals surface area contributed by atoms with Crippen molar-refractivity contribution in [1.82, 2.24) is 9.13 Å². The lowest BCUT2D eigenvalue weighted by molar-refractivity contribution is -0.138. The van der Waals surface area contributed by atoms with E-state index in [0.29, 0.717) is 21.5 Å². The number of aryl methyl sites for hydroxylation is 5. The van der Waals surface area contributed by atoms with Crippen molar-refractivity contribution >= 4 is 43.6 Å². The zero-order valence-electron chi connectivity index (χ0n) is 47.3. The maximum absolute atomic E-state index is 15.4. The average Bonchev–Trinajstić information content (AvgIpc) is 1.62. The second-order valence-electron chi connectivity index (χ2n) is 22.5. The topological polar surface area (TPSA) is 33.6 Å². The van der Waals surface area contributed by atoms with Crippen LogP contribution >= 0.6 is 0 Å². The molecule has 0 aliphatic rings. The molecule has 0 saturated heterocycles. The van der Waals surface area contributed by atoms with Gasteiger partial charge < -0.3 is 9.13 Å². The number of aromatic nitrogens is 2. The molecule has 0 spiro atoms. The third kappa shape index (κ3) is 11.1. The Labute approximate surface area is 497 Å². The van der Waals surface area contributed by atoms with Gasteiger partial charge in [-0.05, 0) is 210 Å². The van der Waals surface area contributed by atoms with Gasteiger partial charge in [0.25, 0.3) is 0 Å². The molecule has 18 heteroatoms. The molecule has 2 heterocycles. The standard InChI is InChI=1S/C71H44F15N3/c1-36-14-46(26-51(19-36)67(72,73)74)42-6-10-56-57-11-7-43(47-15-37(2)20-52(27-47)68(75,76)77)32-61(57)88(60(56)31-42)64-24-41(35-87)25-65(66(64)50-18-40(5)23-55(30-50)71(84,85)86)89-62-33-44(48-16-38(3)21-53(28-48)69(78,79)80)8-12-58(62)59-13-9-45(34-63(59)89)49-17-39(4)22-54(29-49)70(81,82)83/h6-34H,1-5H3. The third-order valence-electron chi connectivity index (χ3n) is 15.9. The van der Waals surface area contributed by atoms with E-state index in [1.54, 1.807) is 81.9 Å². The summed E-state index contributed by atoms with van der Waals surface area (Å²) in [5.41, 5.74) is -2.07. The van der Waals surface area contributed by atoms with Crippen LogP contribution in [0.15, 0.2) is 176 Å². The van der Waals surface area contributed by atoms with Crippen LogP contribution in [0.2, 0.25) is 0 Å². The minimum Gasteiger partial charge on any atom is -0.308 e. The summed E-state index contributed by atoms with van der Waals surface area (Å²) in [5, 5.41) is 12.9. The highest BCUT2D eigenvalue weighted by atomic mass is 19.4. The Morgan fingerprint density at radius 1 is 0.270 bits per heavy atom. The Kier molecular flexibility index (Phi) is 14.0. The highest BCUT2D eigenvalue weighted by Gasteiger charge is 2.36. The summed E-state index contributed by atoms with van der Waals surface area (Å²) < 4.78 is 223. The van der Waals surface area contributed by atoms with Gasteiger partial charge in [-0.15, -0.1) is 0 Å². The molecule has 12 aromatic rings. The van der Waals surface area contributed by atoms with Crippen molar-refractivity contribution in [2.24, 2.45) is 0 Å². The van der Waals surface area contributed by atoms with Crippen LogP contribution in [0.3, 0.4) is 0 Å². The number of benzene rings is 10. The molecule has 0 unspecified atom stereocenters. The number of alkyl halides is 15. The Morgan fingerprint density at radius 3 is 0.719 bits per heavy atom. The molecule has 2 aromatic heterocycles. The van der Waals surface area contributed by atoms with Crippen molar-refractivity contribution in [3.63, 3.8) is 0 Å². The molecular formula is C71H44F15N3. The van der Waals surface area contributed by atoms with Crippen LogP contribution in [0, 0.1) is 45.9 Å². The summed E-state index contributed by atoms with van der Waals surface area (Å²) in [5.74, 6) is 0. The zero-order chi connectivity index (χ0) is 63.8. The molecule has 448 valence electrons. The number of hydrogen-bond acceptors (Lipinski definition) is 1. The van der Waals surface area contributed by atoms with E-state index in [0.717, 1.165) is 60.7 Å². The summed E-state index contributed by atoms with van der Waals surface area (Å²) in [6.07, 6.45) is -24.1. The molecule has 12 rings (SSSR count). The van der Waals surface area contributed by atoms with Crippen LogP contribution in [0.25, 0.3) is 111 Å². The Bertz CT molecular complexity index is 4450. The van der Waals surface area contributed by atoms with Crippen molar-refractivity contribution in [2.45, 2.75) is 65.5 Å². The van der Waals surface area contributed by atoms with Crippen LogP contribution in [0.5, 0.6) is 0 Å². The normalized spacial score (nSPS) is 12.7. The van der Waals surface area contributed by atoms with Crippen LogP contribution < -0.4 is 0 Å². The van der Waals surface area contributed by atoms with Gasteiger partial charge in [0.15, 0.2) is 0 Å². The van der Waals surface area contributed by atoms with Crippen LogP contribution in [-0.4, -0.2) is 9.13 Å². The van der Waals surface area contributed by atoms with Crippen molar-refractivity contribution in [1.29, 1.82) is 5.26 Å². The number of halogens is 15. The van der Waals surface area contributed by atoms with Crippen LogP contribution in [-0.2, 0) is 30.9 Å². The first kappa shape index (κ1) is 59.6. The van der Waals surface area contributed by atoms with Gasteiger partial charge in [-0.2, -0.15) is 71.1 Å². The zero-order valence-corrected chi connectivity index (χ0v) is 47.3. The number of rotatable bonds is 7. The summed E-state index contributed by atoms with van der Waals surface area (Å²) in [6.45, 7) is 7.33. The van der Waals surface area contributed by atoms with Gasteiger partial charge in [0.1, 0.15) is 0 Å². The Balaban J connectivity index is 1.27. The van der Waals surface area contributed by atoms with E-state index in [2.05, 4.69) is 6.07 Å². The third-order valence-corrected chi connectivity index (χ3v) is 15.9. The molecule has 10 aromatic carbocycles. The molecule has 3 nitrogen and oxygen atoms in total. The molecule has 0 aliphatic heterocycles. The molecule has 0 fully saturated rings. The van der Waals surface area contributed by atoms with Crippen molar-refractivity contribution in [2.75, 3.05) is 0 Å². The van der Waals surface area contributed by atoms with E-state index in [4.69, 9.17) is 0 Å². The number of fused-ring (bicyclic) bond motifs is 6. The van der Waals surface area contributed by atoms with Crippen LogP contribution in [0.1, 0.15) is 61.2 Å². The first-order valence-corrected chi connectivity index (χ1v) is 27.4. The highest BCUT2D eigenvalue weighted by molar-refractivity contribution is 6.14. The fraction of sp³-hybridized carbons (Fsp3) is 0.141. The molecule has 0 atom stereocenters. The SMILES string of the molecule is Cc1cc(-c2ccc3c4ccc(-c5cc(C)cc(C(F)(F)F)c5)cc4n(-c4cc(C#N)cc(-n5c6cc(-c7cc(C)cc(C(F)(F)F)c7)ccc6c6ccc(-c7cc(C)cc(C(F)(F)F)c7)cc65)c4-c4cc(C)cc(C(F)(F)F)c4)c3c2)cc(C(F)(F)F)c1. The van der Waals surface area contributed by atoms with E-state index < -0.39 is 58.7 Å². The maximum atomic E-state index is 15.4. The van der Waals surface area contributed by atoms with E-state index >= 15 is 13.2 Å². The number of nitriles is 1. The predicted octanol–water partition coefficient (Wildman–Crippen LogP) is 22.7. The second-order valence-corrected chi connectivity index (χ2v) is 22.5. The molecule has 0 radical (unpaired) electrons. The Hall–Kier alpha value is -9.76. The fourth-order valence-corrected chi connectivity index (χ4v) is 12.1. The van der Waals surface area contributed by atoms with Crippen molar-refractivity contribution in [3.05, 3.63) is 237 Å². The molecule has 0 amide bonds. The fourth-order valence-electron chi connectivity index (χ4n) is 12.1. The molecule has 0 bridgehead atoms. The quantitative estimate of drug-likeness (QED) is 0.146. The Morgan fingerprint density at radius 2 is 0.494 bits per heavy atom. The van der Waals surface area contributed by atoms with Gasteiger partial charge in [0.2, 0.25) is 0 Å². The molecule has 0 saturated carbocycles. The monoisotopic (exact) mass is 1220 g/mol.